The number of anilines is 1. The highest BCUT2D eigenvalue weighted by molar-refractivity contribution is 5.41. The first kappa shape index (κ1) is 10.4. The van der Waals surface area contributed by atoms with E-state index in [0.717, 1.165) is 38.5 Å². The minimum absolute atomic E-state index is 1.10. The van der Waals surface area contributed by atoms with Crippen LogP contribution in [0.1, 0.15) is 12.5 Å². The molecule has 1 fully saturated rings. The molecule has 2 heterocycles. The molecule has 0 N–H and O–H groups in total. The molecular weight excluding hydrogens is 186 g/mol. The fourth-order valence-electron chi connectivity index (χ4n) is 1.99. The number of pyridine rings is 1. The third-order valence-electron chi connectivity index (χ3n) is 3.04. The number of hydrogen-bond acceptors (Lipinski definition) is 3. The molecule has 1 aromatic heterocycles. The van der Waals surface area contributed by atoms with Crippen molar-refractivity contribution < 1.29 is 0 Å². The first-order valence-corrected chi connectivity index (χ1v) is 5.69. The number of rotatable bonds is 2. The number of hydrogen-bond donors (Lipinski definition) is 0. The van der Waals surface area contributed by atoms with Gasteiger partial charge in [0, 0.05) is 32.4 Å². The van der Waals surface area contributed by atoms with Crippen molar-refractivity contribution in [2.24, 2.45) is 0 Å². The molecule has 82 valence electrons. The first-order valence-electron chi connectivity index (χ1n) is 5.69. The van der Waals surface area contributed by atoms with E-state index >= 15 is 0 Å². The quantitative estimate of drug-likeness (QED) is 0.730. The predicted molar refractivity (Wildman–Crippen MR) is 63.3 cm³/mol. The Morgan fingerprint density at radius 2 is 2.00 bits per heavy atom. The van der Waals surface area contributed by atoms with Gasteiger partial charge in [0.25, 0.3) is 0 Å². The zero-order chi connectivity index (χ0) is 10.7. The third kappa shape index (κ3) is 2.48. The fourth-order valence-corrected chi connectivity index (χ4v) is 1.99. The molecule has 0 atom stereocenters. The minimum Gasteiger partial charge on any atom is -0.354 e. The van der Waals surface area contributed by atoms with Crippen LogP contribution in [-0.2, 0) is 0 Å². The zero-order valence-electron chi connectivity index (χ0n) is 9.61. The van der Waals surface area contributed by atoms with Crippen LogP contribution in [0.2, 0.25) is 0 Å². The van der Waals surface area contributed by atoms with Gasteiger partial charge in [-0.3, -0.25) is 0 Å². The van der Waals surface area contributed by atoms with Gasteiger partial charge in [0.1, 0.15) is 5.82 Å². The van der Waals surface area contributed by atoms with E-state index in [9.17, 15) is 0 Å². The van der Waals surface area contributed by atoms with E-state index in [1.165, 1.54) is 5.56 Å². The standard InChI is InChI=1S/C12H19N3/c1-3-14-6-8-15(9-7-14)12-10-11(2)4-5-13-12/h4-5,10H,3,6-9H2,1-2H3. The van der Waals surface area contributed by atoms with Crippen molar-refractivity contribution in [1.82, 2.24) is 9.88 Å². The second-order valence-electron chi connectivity index (χ2n) is 4.11. The molecule has 1 aliphatic heterocycles. The largest absolute Gasteiger partial charge is 0.354 e. The van der Waals surface area contributed by atoms with Gasteiger partial charge in [-0.25, -0.2) is 4.98 Å². The summed E-state index contributed by atoms with van der Waals surface area (Å²) in [5.41, 5.74) is 1.29. The maximum Gasteiger partial charge on any atom is 0.128 e. The maximum atomic E-state index is 4.42. The molecule has 1 aromatic rings. The molecule has 15 heavy (non-hydrogen) atoms. The Bertz CT molecular complexity index is 316. The van der Waals surface area contributed by atoms with E-state index in [1.54, 1.807) is 0 Å². The van der Waals surface area contributed by atoms with Crippen molar-refractivity contribution in [2.75, 3.05) is 37.6 Å². The number of likely N-dealkylation sites (N-methyl/N-ethyl adjacent to an activating group) is 1. The molecule has 1 saturated heterocycles. The predicted octanol–water partition coefficient (Wildman–Crippen LogP) is 1.53. The summed E-state index contributed by atoms with van der Waals surface area (Å²) in [6, 6.07) is 4.22. The van der Waals surface area contributed by atoms with Crippen LogP contribution in [0, 0.1) is 6.92 Å². The van der Waals surface area contributed by atoms with Crippen LogP contribution >= 0.6 is 0 Å². The van der Waals surface area contributed by atoms with E-state index in [4.69, 9.17) is 0 Å². The van der Waals surface area contributed by atoms with Gasteiger partial charge >= 0.3 is 0 Å². The van der Waals surface area contributed by atoms with Gasteiger partial charge in [-0.15, -0.1) is 0 Å². The summed E-state index contributed by atoms with van der Waals surface area (Å²) in [5.74, 6) is 1.13. The average molecular weight is 205 g/mol. The van der Waals surface area contributed by atoms with E-state index in [-0.39, 0.29) is 0 Å². The van der Waals surface area contributed by atoms with Gasteiger partial charge in [0.15, 0.2) is 0 Å². The lowest BCUT2D eigenvalue weighted by Gasteiger charge is -2.34. The number of aromatic nitrogens is 1. The van der Waals surface area contributed by atoms with Crippen LogP contribution in [0.25, 0.3) is 0 Å². The normalized spacial score (nSPS) is 18.1. The molecule has 0 amide bonds. The summed E-state index contributed by atoms with van der Waals surface area (Å²) < 4.78 is 0. The second kappa shape index (κ2) is 4.62. The molecule has 0 aromatic carbocycles. The zero-order valence-corrected chi connectivity index (χ0v) is 9.61. The summed E-state index contributed by atoms with van der Waals surface area (Å²) in [6.45, 7) is 10.0. The highest BCUT2D eigenvalue weighted by Gasteiger charge is 2.16. The molecule has 0 bridgehead atoms. The van der Waals surface area contributed by atoms with Crippen molar-refractivity contribution in [3.05, 3.63) is 23.9 Å². The lowest BCUT2D eigenvalue weighted by molar-refractivity contribution is 0.270. The van der Waals surface area contributed by atoms with Gasteiger partial charge in [-0.2, -0.15) is 0 Å². The summed E-state index contributed by atoms with van der Waals surface area (Å²) in [4.78, 5) is 9.27. The van der Waals surface area contributed by atoms with Gasteiger partial charge in [0.2, 0.25) is 0 Å². The molecule has 0 spiro atoms. The molecule has 3 nitrogen and oxygen atoms in total. The summed E-state index contributed by atoms with van der Waals surface area (Å²) in [6.07, 6.45) is 1.90. The first-order chi connectivity index (χ1) is 7.29. The summed E-state index contributed by atoms with van der Waals surface area (Å²) in [5, 5.41) is 0. The van der Waals surface area contributed by atoms with Crippen LogP contribution in [0.4, 0.5) is 5.82 Å². The Morgan fingerprint density at radius 1 is 1.27 bits per heavy atom. The number of piperazine rings is 1. The highest BCUT2D eigenvalue weighted by Crippen LogP contribution is 2.14. The van der Waals surface area contributed by atoms with E-state index in [2.05, 4.69) is 34.7 Å². The van der Waals surface area contributed by atoms with E-state index in [0.29, 0.717) is 0 Å². The third-order valence-corrected chi connectivity index (χ3v) is 3.04. The van der Waals surface area contributed by atoms with Crippen LogP contribution in [0.15, 0.2) is 18.3 Å². The van der Waals surface area contributed by atoms with Gasteiger partial charge < -0.3 is 9.80 Å². The Balaban J connectivity index is 2.01. The van der Waals surface area contributed by atoms with Crippen molar-refractivity contribution >= 4 is 5.82 Å². The minimum atomic E-state index is 1.10. The Labute approximate surface area is 91.7 Å². The van der Waals surface area contributed by atoms with E-state index in [1.807, 2.05) is 12.3 Å². The molecule has 0 saturated carbocycles. The van der Waals surface area contributed by atoms with Gasteiger partial charge in [-0.05, 0) is 31.2 Å². The Hall–Kier alpha value is -1.09. The van der Waals surface area contributed by atoms with Crippen molar-refractivity contribution in [3.8, 4) is 0 Å². The number of nitrogens with zero attached hydrogens (tertiary/aromatic N) is 3. The molecule has 0 aliphatic carbocycles. The smallest absolute Gasteiger partial charge is 0.128 e. The van der Waals surface area contributed by atoms with E-state index < -0.39 is 0 Å². The Kier molecular flexibility index (Phi) is 3.21. The van der Waals surface area contributed by atoms with Gasteiger partial charge in [-0.1, -0.05) is 6.92 Å². The molecule has 0 unspecified atom stereocenters. The highest BCUT2D eigenvalue weighted by atomic mass is 15.3. The lowest BCUT2D eigenvalue weighted by Crippen LogP contribution is -2.46. The van der Waals surface area contributed by atoms with Gasteiger partial charge in [0.05, 0.1) is 0 Å². The Morgan fingerprint density at radius 3 is 2.60 bits per heavy atom. The monoisotopic (exact) mass is 205 g/mol. The van der Waals surface area contributed by atoms with Crippen LogP contribution < -0.4 is 4.90 Å². The molecule has 2 rings (SSSR count). The van der Waals surface area contributed by atoms with Crippen LogP contribution in [0.5, 0.6) is 0 Å². The molecular formula is C12H19N3. The number of aryl methyl sites for hydroxylation is 1. The lowest BCUT2D eigenvalue weighted by atomic mass is 10.2. The van der Waals surface area contributed by atoms with Crippen molar-refractivity contribution in [1.29, 1.82) is 0 Å². The molecule has 0 radical (unpaired) electrons. The van der Waals surface area contributed by atoms with Crippen LogP contribution in [-0.4, -0.2) is 42.6 Å². The SMILES string of the molecule is CCN1CCN(c2cc(C)ccn2)CC1. The molecule has 3 heteroatoms. The van der Waals surface area contributed by atoms with Crippen molar-refractivity contribution in [3.63, 3.8) is 0 Å². The maximum absolute atomic E-state index is 4.42. The van der Waals surface area contributed by atoms with Crippen molar-refractivity contribution in [2.45, 2.75) is 13.8 Å². The average Bonchev–Trinajstić information content (AvgIpc) is 2.29. The fraction of sp³-hybridized carbons (Fsp3) is 0.583. The topological polar surface area (TPSA) is 19.4 Å². The molecule has 1 aliphatic rings. The summed E-state index contributed by atoms with van der Waals surface area (Å²) in [7, 11) is 0. The summed E-state index contributed by atoms with van der Waals surface area (Å²) >= 11 is 0. The second-order valence-corrected chi connectivity index (χ2v) is 4.11. The van der Waals surface area contributed by atoms with Crippen LogP contribution in [0.3, 0.4) is 0 Å².